The molecule has 2 unspecified atom stereocenters. The zero-order chi connectivity index (χ0) is 12.5. The lowest BCUT2D eigenvalue weighted by Crippen LogP contribution is -2.35. The average molecular weight is 229 g/mol. The second kappa shape index (κ2) is 7.92. The van der Waals surface area contributed by atoms with Gasteiger partial charge in [-0.1, -0.05) is 44.2 Å². The van der Waals surface area contributed by atoms with Gasteiger partial charge in [0.25, 0.3) is 0 Å². The molecule has 0 radical (unpaired) electrons. The molecule has 0 spiro atoms. The maximum absolute atomic E-state index is 5.48. The molecule has 0 aliphatic rings. The fraction of sp³-hybridized carbons (Fsp3) is 0.500. The largest absolute Gasteiger partial charge is 0.312 e. The van der Waals surface area contributed by atoms with Gasteiger partial charge in [-0.05, 0) is 30.9 Å². The van der Waals surface area contributed by atoms with Crippen LogP contribution in [0.1, 0.15) is 44.6 Å². The Bertz CT molecular complexity index is 336. The minimum atomic E-state index is 0.396. The Morgan fingerprint density at radius 3 is 2.47 bits per heavy atom. The highest BCUT2D eigenvalue weighted by molar-refractivity contribution is 5.21. The van der Waals surface area contributed by atoms with Crippen molar-refractivity contribution in [2.24, 2.45) is 0 Å². The van der Waals surface area contributed by atoms with Crippen molar-refractivity contribution in [1.29, 1.82) is 0 Å². The number of hydrogen-bond donors (Lipinski definition) is 1. The Kier molecular flexibility index (Phi) is 6.43. The lowest BCUT2D eigenvalue weighted by atomic mass is 9.87. The van der Waals surface area contributed by atoms with Gasteiger partial charge in [-0.2, -0.15) is 0 Å². The van der Waals surface area contributed by atoms with Crippen molar-refractivity contribution < 1.29 is 0 Å². The van der Waals surface area contributed by atoms with E-state index in [1.54, 1.807) is 0 Å². The second-order valence-corrected chi connectivity index (χ2v) is 4.39. The third-order valence-corrected chi connectivity index (χ3v) is 3.15. The molecule has 0 saturated carbocycles. The molecular formula is C16H23N. The van der Waals surface area contributed by atoms with Crippen LogP contribution in [-0.4, -0.2) is 12.6 Å². The summed E-state index contributed by atoms with van der Waals surface area (Å²) in [6.45, 7) is 5.45. The highest BCUT2D eigenvalue weighted by atomic mass is 14.9. The quantitative estimate of drug-likeness (QED) is 0.705. The Morgan fingerprint density at radius 1 is 1.24 bits per heavy atom. The third kappa shape index (κ3) is 4.24. The van der Waals surface area contributed by atoms with Crippen molar-refractivity contribution in [3.8, 4) is 12.3 Å². The van der Waals surface area contributed by atoms with Gasteiger partial charge in [0.1, 0.15) is 0 Å². The van der Waals surface area contributed by atoms with Crippen LogP contribution in [0.15, 0.2) is 30.3 Å². The highest BCUT2D eigenvalue weighted by Crippen LogP contribution is 2.24. The van der Waals surface area contributed by atoms with E-state index in [0.717, 1.165) is 25.8 Å². The van der Waals surface area contributed by atoms with Gasteiger partial charge in [0.05, 0.1) is 0 Å². The van der Waals surface area contributed by atoms with Crippen molar-refractivity contribution in [3.05, 3.63) is 35.9 Å². The minimum Gasteiger partial charge on any atom is -0.312 e. The number of terminal acetylenes is 1. The van der Waals surface area contributed by atoms with E-state index in [4.69, 9.17) is 6.42 Å². The number of benzene rings is 1. The van der Waals surface area contributed by atoms with Crippen LogP contribution in [0, 0.1) is 12.3 Å². The highest BCUT2D eigenvalue weighted by Gasteiger charge is 2.19. The van der Waals surface area contributed by atoms with E-state index < -0.39 is 0 Å². The van der Waals surface area contributed by atoms with E-state index >= 15 is 0 Å². The van der Waals surface area contributed by atoms with Crippen molar-refractivity contribution >= 4 is 0 Å². The Hall–Kier alpha value is -1.26. The lowest BCUT2D eigenvalue weighted by Gasteiger charge is -2.26. The first-order chi connectivity index (χ1) is 8.33. The van der Waals surface area contributed by atoms with E-state index in [1.807, 2.05) is 0 Å². The molecule has 0 fully saturated rings. The normalized spacial score (nSPS) is 13.9. The molecule has 0 aromatic heterocycles. The van der Waals surface area contributed by atoms with Crippen molar-refractivity contribution in [3.63, 3.8) is 0 Å². The van der Waals surface area contributed by atoms with Crippen LogP contribution < -0.4 is 5.32 Å². The maximum Gasteiger partial charge on any atom is 0.0246 e. The Morgan fingerprint density at radius 2 is 1.94 bits per heavy atom. The lowest BCUT2D eigenvalue weighted by molar-refractivity contribution is 0.428. The van der Waals surface area contributed by atoms with Crippen LogP contribution in [0.3, 0.4) is 0 Å². The summed E-state index contributed by atoms with van der Waals surface area (Å²) < 4.78 is 0. The van der Waals surface area contributed by atoms with Crippen molar-refractivity contribution in [2.45, 2.75) is 45.1 Å². The number of nitrogens with one attached hydrogen (secondary N) is 1. The first-order valence-electron chi connectivity index (χ1n) is 6.55. The summed E-state index contributed by atoms with van der Waals surface area (Å²) in [7, 11) is 0. The summed E-state index contributed by atoms with van der Waals surface area (Å²) in [6, 6.07) is 11.1. The molecule has 2 atom stereocenters. The SMILES string of the molecule is C#CCC(NCCC)C(CC)c1ccccc1. The third-order valence-electron chi connectivity index (χ3n) is 3.15. The summed E-state index contributed by atoms with van der Waals surface area (Å²) in [5.41, 5.74) is 1.39. The van der Waals surface area contributed by atoms with Crippen LogP contribution in [0.4, 0.5) is 0 Å². The molecule has 0 saturated heterocycles. The molecule has 0 aliphatic carbocycles. The maximum atomic E-state index is 5.48. The first-order valence-corrected chi connectivity index (χ1v) is 6.55. The van der Waals surface area contributed by atoms with Crippen molar-refractivity contribution in [2.75, 3.05) is 6.54 Å². The van der Waals surface area contributed by atoms with Crippen molar-refractivity contribution in [1.82, 2.24) is 5.32 Å². The fourth-order valence-corrected chi connectivity index (χ4v) is 2.27. The Labute approximate surface area is 106 Å². The summed E-state index contributed by atoms with van der Waals surface area (Å²) in [5.74, 6) is 3.31. The molecule has 1 heteroatoms. The standard InChI is InChI=1S/C16H23N/c1-4-10-16(17-13-5-2)15(6-3)14-11-8-7-9-12-14/h1,7-9,11-12,15-17H,5-6,10,13H2,2-3H3. The summed E-state index contributed by atoms with van der Waals surface area (Å²) in [5, 5.41) is 3.58. The molecule has 0 bridgehead atoms. The van der Waals surface area contributed by atoms with E-state index in [-0.39, 0.29) is 0 Å². The molecule has 0 aliphatic heterocycles. The second-order valence-electron chi connectivity index (χ2n) is 4.39. The molecule has 1 rings (SSSR count). The zero-order valence-electron chi connectivity index (χ0n) is 10.9. The van der Waals surface area contributed by atoms with Gasteiger partial charge < -0.3 is 5.32 Å². The van der Waals surface area contributed by atoms with E-state index in [9.17, 15) is 0 Å². The molecule has 0 amide bonds. The van der Waals surface area contributed by atoms with Gasteiger partial charge in [0.15, 0.2) is 0 Å². The van der Waals surface area contributed by atoms with Crippen LogP contribution in [0.2, 0.25) is 0 Å². The number of hydrogen-bond acceptors (Lipinski definition) is 1. The van der Waals surface area contributed by atoms with Gasteiger partial charge in [-0.25, -0.2) is 0 Å². The molecule has 0 heterocycles. The van der Waals surface area contributed by atoms with E-state index in [0.29, 0.717) is 12.0 Å². The molecule has 1 N–H and O–H groups in total. The molecule has 1 nitrogen and oxygen atoms in total. The molecule has 1 aromatic carbocycles. The summed E-state index contributed by atoms with van der Waals surface area (Å²) in [6.07, 6.45) is 8.54. The predicted octanol–water partition coefficient (Wildman–Crippen LogP) is 3.57. The summed E-state index contributed by atoms with van der Waals surface area (Å²) in [4.78, 5) is 0. The van der Waals surface area contributed by atoms with Gasteiger partial charge in [0.2, 0.25) is 0 Å². The average Bonchev–Trinajstić information content (AvgIpc) is 2.38. The fourth-order valence-electron chi connectivity index (χ4n) is 2.27. The van der Waals surface area contributed by atoms with Crippen LogP contribution in [0.5, 0.6) is 0 Å². The van der Waals surface area contributed by atoms with Crippen LogP contribution in [0.25, 0.3) is 0 Å². The smallest absolute Gasteiger partial charge is 0.0246 e. The first kappa shape index (κ1) is 13.8. The molecular weight excluding hydrogens is 206 g/mol. The topological polar surface area (TPSA) is 12.0 Å². The van der Waals surface area contributed by atoms with E-state index in [1.165, 1.54) is 5.56 Å². The molecule has 17 heavy (non-hydrogen) atoms. The van der Waals surface area contributed by atoms with Crippen LogP contribution in [-0.2, 0) is 0 Å². The monoisotopic (exact) mass is 229 g/mol. The van der Waals surface area contributed by atoms with Gasteiger partial charge in [-0.15, -0.1) is 12.3 Å². The molecule has 1 aromatic rings. The van der Waals surface area contributed by atoms with E-state index in [2.05, 4.69) is 55.4 Å². The van der Waals surface area contributed by atoms with Gasteiger partial charge >= 0.3 is 0 Å². The number of rotatable bonds is 7. The van der Waals surface area contributed by atoms with Crippen LogP contribution >= 0.6 is 0 Å². The predicted molar refractivity (Wildman–Crippen MR) is 75.0 cm³/mol. The molecule has 92 valence electrons. The zero-order valence-corrected chi connectivity index (χ0v) is 10.9. The van der Waals surface area contributed by atoms with Gasteiger partial charge in [-0.3, -0.25) is 0 Å². The van der Waals surface area contributed by atoms with Gasteiger partial charge in [0, 0.05) is 12.5 Å². The minimum absolute atomic E-state index is 0.396. The summed E-state index contributed by atoms with van der Waals surface area (Å²) >= 11 is 0. The Balaban J connectivity index is 2.78.